The van der Waals surface area contributed by atoms with Crippen LogP contribution in [0.2, 0.25) is 0 Å². The molecule has 0 fully saturated rings. The average Bonchev–Trinajstić information content (AvgIpc) is 2.52. The van der Waals surface area contributed by atoms with Crippen LogP contribution in [0.15, 0.2) is 23.2 Å². The molecule has 0 aliphatic rings. The Morgan fingerprint density at radius 3 is 2.32 bits per heavy atom. The van der Waals surface area contributed by atoms with Crippen molar-refractivity contribution >= 4 is 29.9 Å². The third kappa shape index (κ3) is 11.4. The highest BCUT2D eigenvalue weighted by molar-refractivity contribution is 14.0. The summed E-state index contributed by atoms with van der Waals surface area (Å²) in [5.41, 5.74) is 4.02. The number of methoxy groups -OCH3 is 1. The zero-order chi connectivity index (χ0) is 17.8. The van der Waals surface area contributed by atoms with Crippen LogP contribution < -0.4 is 10.6 Å². The van der Waals surface area contributed by atoms with Gasteiger partial charge in [-0.1, -0.05) is 29.3 Å². The fourth-order valence-corrected chi connectivity index (χ4v) is 2.71. The van der Waals surface area contributed by atoms with Crippen LogP contribution in [0, 0.1) is 13.8 Å². The molecule has 1 aromatic carbocycles. The first-order valence-corrected chi connectivity index (χ1v) is 8.74. The van der Waals surface area contributed by atoms with E-state index in [4.69, 9.17) is 4.74 Å². The molecule has 0 saturated heterocycles. The number of guanidine groups is 1. The SMILES string of the molecule is CN=C(NCCc1cc(C)cc(C)c1)NCCN(C)CCCOC.I. The molecule has 0 unspecified atom stereocenters. The van der Waals surface area contributed by atoms with E-state index in [9.17, 15) is 0 Å². The van der Waals surface area contributed by atoms with Crippen LogP contribution in [0.25, 0.3) is 0 Å². The topological polar surface area (TPSA) is 48.9 Å². The van der Waals surface area contributed by atoms with Crippen LogP contribution in [0.5, 0.6) is 0 Å². The summed E-state index contributed by atoms with van der Waals surface area (Å²) in [6.45, 7) is 8.91. The molecule has 0 saturated carbocycles. The number of hydrogen-bond donors (Lipinski definition) is 2. The van der Waals surface area contributed by atoms with Crippen molar-refractivity contribution in [2.45, 2.75) is 26.7 Å². The lowest BCUT2D eigenvalue weighted by atomic mass is 10.1. The quantitative estimate of drug-likeness (QED) is 0.243. The second kappa shape index (κ2) is 14.3. The molecule has 1 aromatic rings. The number of aliphatic imine (C=N–C) groups is 1. The summed E-state index contributed by atoms with van der Waals surface area (Å²) >= 11 is 0. The number of benzene rings is 1. The van der Waals surface area contributed by atoms with Crippen molar-refractivity contribution in [3.05, 3.63) is 34.9 Å². The second-order valence-corrected chi connectivity index (χ2v) is 6.32. The summed E-state index contributed by atoms with van der Waals surface area (Å²) in [6, 6.07) is 6.71. The van der Waals surface area contributed by atoms with E-state index >= 15 is 0 Å². The van der Waals surface area contributed by atoms with E-state index < -0.39 is 0 Å². The zero-order valence-electron chi connectivity index (χ0n) is 16.4. The molecular weight excluding hydrogens is 427 g/mol. The van der Waals surface area contributed by atoms with Gasteiger partial charge in [0.15, 0.2) is 5.96 Å². The molecule has 6 heteroatoms. The number of nitrogens with one attached hydrogen (secondary N) is 2. The molecule has 2 N–H and O–H groups in total. The summed E-state index contributed by atoms with van der Waals surface area (Å²) in [6.07, 6.45) is 2.07. The molecule has 0 atom stereocenters. The highest BCUT2D eigenvalue weighted by Gasteiger charge is 2.01. The van der Waals surface area contributed by atoms with Crippen LogP contribution in [0.1, 0.15) is 23.1 Å². The van der Waals surface area contributed by atoms with Crippen LogP contribution in [0.4, 0.5) is 0 Å². The van der Waals surface area contributed by atoms with E-state index in [1.54, 1.807) is 7.11 Å². The smallest absolute Gasteiger partial charge is 0.191 e. The normalized spacial score (nSPS) is 11.4. The predicted octanol–water partition coefficient (Wildman–Crippen LogP) is 2.60. The van der Waals surface area contributed by atoms with Gasteiger partial charge in [-0.25, -0.2) is 0 Å². The van der Waals surface area contributed by atoms with Crippen molar-refractivity contribution in [1.82, 2.24) is 15.5 Å². The molecule has 0 amide bonds. The molecular formula is C19H35IN4O. The molecule has 0 bridgehead atoms. The Morgan fingerprint density at radius 2 is 1.72 bits per heavy atom. The van der Waals surface area contributed by atoms with Gasteiger partial charge >= 0.3 is 0 Å². The van der Waals surface area contributed by atoms with E-state index in [1.165, 1.54) is 16.7 Å². The lowest BCUT2D eigenvalue weighted by Crippen LogP contribution is -2.41. The second-order valence-electron chi connectivity index (χ2n) is 6.32. The van der Waals surface area contributed by atoms with Crippen molar-refractivity contribution < 1.29 is 4.74 Å². The Morgan fingerprint density at radius 1 is 1.08 bits per heavy atom. The Bertz CT molecular complexity index is 488. The first-order chi connectivity index (χ1) is 11.5. The summed E-state index contributed by atoms with van der Waals surface area (Å²) in [5, 5.41) is 6.75. The van der Waals surface area contributed by atoms with Gasteiger partial charge in [-0.2, -0.15) is 0 Å². The fourth-order valence-electron chi connectivity index (χ4n) is 2.71. The van der Waals surface area contributed by atoms with Crippen molar-refractivity contribution in [2.75, 3.05) is 54.0 Å². The van der Waals surface area contributed by atoms with E-state index in [0.29, 0.717) is 0 Å². The highest BCUT2D eigenvalue weighted by atomic mass is 127. The van der Waals surface area contributed by atoms with Gasteiger partial charge in [0.25, 0.3) is 0 Å². The minimum absolute atomic E-state index is 0. The number of hydrogen-bond acceptors (Lipinski definition) is 3. The molecule has 5 nitrogen and oxygen atoms in total. The van der Waals surface area contributed by atoms with E-state index in [-0.39, 0.29) is 24.0 Å². The number of nitrogens with zero attached hydrogens (tertiary/aromatic N) is 2. The van der Waals surface area contributed by atoms with E-state index in [1.807, 2.05) is 7.05 Å². The summed E-state index contributed by atoms with van der Waals surface area (Å²) in [4.78, 5) is 6.58. The van der Waals surface area contributed by atoms with Crippen molar-refractivity contribution in [3.63, 3.8) is 0 Å². The number of aryl methyl sites for hydroxylation is 2. The minimum Gasteiger partial charge on any atom is -0.385 e. The maximum Gasteiger partial charge on any atom is 0.191 e. The monoisotopic (exact) mass is 462 g/mol. The molecule has 1 rings (SSSR count). The summed E-state index contributed by atoms with van der Waals surface area (Å²) in [7, 11) is 5.69. The predicted molar refractivity (Wildman–Crippen MR) is 118 cm³/mol. The van der Waals surface area contributed by atoms with Gasteiger partial charge in [-0.05, 0) is 39.3 Å². The van der Waals surface area contributed by atoms with Gasteiger partial charge in [0.2, 0.25) is 0 Å². The van der Waals surface area contributed by atoms with E-state index in [2.05, 4.69) is 59.6 Å². The molecule has 144 valence electrons. The van der Waals surface area contributed by atoms with Gasteiger partial charge in [0, 0.05) is 46.9 Å². The lowest BCUT2D eigenvalue weighted by molar-refractivity contribution is 0.180. The number of ether oxygens (including phenoxy) is 1. The van der Waals surface area contributed by atoms with Crippen LogP contribution in [0.3, 0.4) is 0 Å². The van der Waals surface area contributed by atoms with Crippen molar-refractivity contribution in [3.8, 4) is 0 Å². The lowest BCUT2D eigenvalue weighted by Gasteiger charge is -2.18. The maximum absolute atomic E-state index is 5.08. The van der Waals surface area contributed by atoms with Crippen LogP contribution in [-0.2, 0) is 11.2 Å². The molecule has 0 radical (unpaired) electrons. The van der Waals surface area contributed by atoms with Gasteiger partial charge < -0.3 is 20.3 Å². The largest absolute Gasteiger partial charge is 0.385 e. The maximum atomic E-state index is 5.08. The van der Waals surface area contributed by atoms with Gasteiger partial charge in [-0.3, -0.25) is 4.99 Å². The number of likely N-dealkylation sites (N-methyl/N-ethyl adjacent to an activating group) is 1. The Hall–Kier alpha value is -0.860. The van der Waals surface area contributed by atoms with Crippen LogP contribution >= 0.6 is 24.0 Å². The number of halogens is 1. The molecule has 0 heterocycles. The fraction of sp³-hybridized carbons (Fsp3) is 0.632. The van der Waals surface area contributed by atoms with Gasteiger partial charge in [0.1, 0.15) is 0 Å². The first kappa shape index (κ1) is 24.1. The van der Waals surface area contributed by atoms with Crippen LogP contribution in [-0.4, -0.2) is 64.9 Å². The zero-order valence-corrected chi connectivity index (χ0v) is 18.7. The first-order valence-electron chi connectivity index (χ1n) is 8.74. The standard InChI is InChI=1S/C19H34N4O.HI/c1-16-13-17(2)15-18(14-16)7-8-21-19(20-3)22-9-11-23(4)10-6-12-24-5;/h13-15H,6-12H2,1-5H3,(H2,20,21,22);1H. The number of rotatable bonds is 10. The average molecular weight is 462 g/mol. The molecule has 25 heavy (non-hydrogen) atoms. The third-order valence-electron chi connectivity index (χ3n) is 3.89. The highest BCUT2D eigenvalue weighted by Crippen LogP contribution is 2.08. The van der Waals surface area contributed by atoms with E-state index in [0.717, 1.165) is 51.6 Å². The minimum atomic E-state index is 0. The Labute approximate surface area is 170 Å². The Kier molecular flexibility index (Phi) is 13.8. The third-order valence-corrected chi connectivity index (χ3v) is 3.89. The molecule has 0 aliphatic heterocycles. The molecule has 0 aliphatic carbocycles. The Balaban J connectivity index is 0.00000576. The van der Waals surface area contributed by atoms with Gasteiger partial charge in [0.05, 0.1) is 0 Å². The van der Waals surface area contributed by atoms with Gasteiger partial charge in [-0.15, -0.1) is 24.0 Å². The summed E-state index contributed by atoms with van der Waals surface area (Å²) < 4.78 is 5.08. The van der Waals surface area contributed by atoms with Crippen molar-refractivity contribution in [1.29, 1.82) is 0 Å². The summed E-state index contributed by atoms with van der Waals surface area (Å²) in [5.74, 6) is 0.865. The molecule has 0 spiro atoms. The van der Waals surface area contributed by atoms with Crippen molar-refractivity contribution in [2.24, 2.45) is 4.99 Å². The molecule has 0 aromatic heterocycles.